The normalized spacial score (nSPS) is 13.2. The van der Waals surface area contributed by atoms with Crippen LogP contribution in [0.1, 0.15) is 26.3 Å². The van der Waals surface area contributed by atoms with Gasteiger partial charge in [0.1, 0.15) is 5.75 Å². The maximum Gasteiger partial charge on any atom is 0.333 e. The third-order valence-electron chi connectivity index (χ3n) is 2.55. The van der Waals surface area contributed by atoms with Gasteiger partial charge in [0.25, 0.3) is 0 Å². The molecule has 6 nitrogen and oxygen atoms in total. The van der Waals surface area contributed by atoms with E-state index in [4.69, 9.17) is 4.74 Å². The third-order valence-corrected chi connectivity index (χ3v) is 2.55. The van der Waals surface area contributed by atoms with E-state index < -0.39 is 23.4 Å². The predicted octanol–water partition coefficient (Wildman–Crippen LogP) is 1.05. The van der Waals surface area contributed by atoms with Crippen LogP contribution in [0.25, 0.3) is 0 Å². The first kappa shape index (κ1) is 14.7. The van der Waals surface area contributed by atoms with Crippen LogP contribution in [-0.2, 0) is 19.9 Å². The molecule has 2 N–H and O–H groups in total. The first-order chi connectivity index (χ1) is 8.75. The van der Waals surface area contributed by atoms with Gasteiger partial charge in [-0.3, -0.25) is 9.59 Å². The van der Waals surface area contributed by atoms with Crippen molar-refractivity contribution in [3.8, 4) is 5.75 Å². The van der Waals surface area contributed by atoms with E-state index in [0.717, 1.165) is 0 Å². The molecular formula is C13H15NO5. The summed E-state index contributed by atoms with van der Waals surface area (Å²) in [6.45, 7) is 3.90. The summed E-state index contributed by atoms with van der Waals surface area (Å²) in [6.07, 6.45) is 0. The summed E-state index contributed by atoms with van der Waals surface area (Å²) in [5.74, 6) is -1.78. The molecule has 0 saturated carbocycles. The van der Waals surface area contributed by atoms with Crippen LogP contribution in [0.2, 0.25) is 0 Å². The van der Waals surface area contributed by atoms with Crippen molar-refractivity contribution in [3.63, 3.8) is 0 Å². The summed E-state index contributed by atoms with van der Waals surface area (Å²) in [6, 6.07) is 5.92. The number of carboxylic acids is 1. The molecule has 1 aromatic rings. The van der Waals surface area contributed by atoms with Crippen LogP contribution in [0.15, 0.2) is 24.3 Å². The zero-order valence-corrected chi connectivity index (χ0v) is 10.9. The SMILES string of the molecule is CC(=O)NC(C)(C(=O)O)c1ccc(OC(C)=O)cc1. The van der Waals surface area contributed by atoms with Crippen molar-refractivity contribution < 1.29 is 24.2 Å². The molecule has 0 aliphatic rings. The second-order valence-corrected chi connectivity index (χ2v) is 4.23. The highest BCUT2D eigenvalue weighted by molar-refractivity contribution is 5.86. The van der Waals surface area contributed by atoms with E-state index in [1.807, 2.05) is 0 Å². The molecule has 0 fully saturated rings. The molecule has 0 saturated heterocycles. The van der Waals surface area contributed by atoms with E-state index in [1.54, 1.807) is 0 Å². The van der Waals surface area contributed by atoms with Crippen LogP contribution < -0.4 is 10.1 Å². The van der Waals surface area contributed by atoms with Gasteiger partial charge in [-0.2, -0.15) is 0 Å². The van der Waals surface area contributed by atoms with E-state index in [0.29, 0.717) is 11.3 Å². The number of carbonyl (C=O) groups is 3. The lowest BCUT2D eigenvalue weighted by atomic mass is 9.92. The molecule has 0 aliphatic carbocycles. The molecule has 102 valence electrons. The monoisotopic (exact) mass is 265 g/mol. The number of benzene rings is 1. The largest absolute Gasteiger partial charge is 0.479 e. The predicted molar refractivity (Wildman–Crippen MR) is 66.6 cm³/mol. The molecule has 6 heteroatoms. The number of hydrogen-bond acceptors (Lipinski definition) is 4. The minimum Gasteiger partial charge on any atom is -0.479 e. The third kappa shape index (κ3) is 3.54. The summed E-state index contributed by atoms with van der Waals surface area (Å²) in [5.41, 5.74) is -1.15. The Hall–Kier alpha value is -2.37. The molecule has 0 aliphatic heterocycles. The van der Waals surface area contributed by atoms with Gasteiger partial charge in [-0.05, 0) is 24.6 Å². The van der Waals surface area contributed by atoms with Crippen molar-refractivity contribution in [2.45, 2.75) is 26.3 Å². The lowest BCUT2D eigenvalue weighted by molar-refractivity contribution is -0.147. The lowest BCUT2D eigenvalue weighted by Crippen LogP contribution is -2.48. The van der Waals surface area contributed by atoms with Crippen LogP contribution >= 0.6 is 0 Å². The molecule has 19 heavy (non-hydrogen) atoms. The molecule has 1 aromatic carbocycles. The fraction of sp³-hybridized carbons (Fsp3) is 0.308. The van der Waals surface area contributed by atoms with Gasteiger partial charge in [0.2, 0.25) is 5.91 Å². The van der Waals surface area contributed by atoms with E-state index in [2.05, 4.69) is 5.32 Å². The zero-order chi connectivity index (χ0) is 14.6. The average Bonchev–Trinajstić information content (AvgIpc) is 2.27. The van der Waals surface area contributed by atoms with E-state index in [1.165, 1.54) is 45.0 Å². The Bertz CT molecular complexity index is 508. The number of amides is 1. The standard InChI is InChI=1S/C13H15NO5/c1-8(15)14-13(3,12(17)18)10-4-6-11(7-5-10)19-9(2)16/h4-7H,1-3H3,(H,14,15)(H,17,18). The Morgan fingerprint density at radius 1 is 1.16 bits per heavy atom. The molecule has 0 aromatic heterocycles. The average molecular weight is 265 g/mol. The van der Waals surface area contributed by atoms with Crippen LogP contribution in [0.3, 0.4) is 0 Å². The van der Waals surface area contributed by atoms with Crippen molar-refractivity contribution in [3.05, 3.63) is 29.8 Å². The minimum absolute atomic E-state index is 0.312. The highest BCUT2D eigenvalue weighted by Gasteiger charge is 2.36. The van der Waals surface area contributed by atoms with Crippen LogP contribution in [0.4, 0.5) is 0 Å². The van der Waals surface area contributed by atoms with Gasteiger partial charge >= 0.3 is 11.9 Å². The van der Waals surface area contributed by atoms with Crippen LogP contribution in [-0.4, -0.2) is 23.0 Å². The van der Waals surface area contributed by atoms with E-state index in [-0.39, 0.29) is 0 Å². The number of ether oxygens (including phenoxy) is 1. The molecule has 0 radical (unpaired) electrons. The van der Waals surface area contributed by atoms with Gasteiger partial charge in [-0.25, -0.2) is 4.79 Å². The number of rotatable bonds is 4. The fourth-order valence-corrected chi connectivity index (χ4v) is 1.62. The molecule has 0 spiro atoms. The Balaban J connectivity index is 3.08. The van der Waals surface area contributed by atoms with Crippen molar-refractivity contribution in [1.29, 1.82) is 0 Å². The number of esters is 1. The van der Waals surface area contributed by atoms with Gasteiger partial charge in [0.05, 0.1) is 0 Å². The summed E-state index contributed by atoms with van der Waals surface area (Å²) in [7, 11) is 0. The summed E-state index contributed by atoms with van der Waals surface area (Å²) >= 11 is 0. The second kappa shape index (κ2) is 5.51. The molecule has 1 unspecified atom stereocenters. The van der Waals surface area contributed by atoms with E-state index >= 15 is 0 Å². The van der Waals surface area contributed by atoms with Crippen molar-refractivity contribution in [2.24, 2.45) is 0 Å². The van der Waals surface area contributed by atoms with Crippen LogP contribution in [0.5, 0.6) is 5.75 Å². The van der Waals surface area contributed by atoms with Gasteiger partial charge in [-0.1, -0.05) is 12.1 Å². The highest BCUT2D eigenvalue weighted by atomic mass is 16.5. The maximum atomic E-state index is 11.3. The van der Waals surface area contributed by atoms with Crippen molar-refractivity contribution in [1.82, 2.24) is 5.32 Å². The smallest absolute Gasteiger partial charge is 0.333 e. The van der Waals surface area contributed by atoms with Crippen molar-refractivity contribution in [2.75, 3.05) is 0 Å². The quantitative estimate of drug-likeness (QED) is 0.627. The zero-order valence-electron chi connectivity index (χ0n) is 10.9. The Morgan fingerprint density at radius 2 is 1.68 bits per heavy atom. The summed E-state index contributed by atoms with van der Waals surface area (Å²) < 4.78 is 4.85. The maximum absolute atomic E-state index is 11.3. The fourth-order valence-electron chi connectivity index (χ4n) is 1.62. The molecular weight excluding hydrogens is 250 g/mol. The second-order valence-electron chi connectivity index (χ2n) is 4.23. The number of nitrogens with one attached hydrogen (secondary N) is 1. The van der Waals surface area contributed by atoms with Crippen LogP contribution in [0, 0.1) is 0 Å². The van der Waals surface area contributed by atoms with Gasteiger partial charge in [-0.15, -0.1) is 0 Å². The number of hydrogen-bond donors (Lipinski definition) is 2. The molecule has 0 bridgehead atoms. The molecule has 0 heterocycles. The lowest BCUT2D eigenvalue weighted by Gasteiger charge is -2.26. The Kier molecular flexibility index (Phi) is 4.26. The molecule has 1 rings (SSSR count). The first-order valence-corrected chi connectivity index (χ1v) is 5.57. The summed E-state index contributed by atoms with van der Waals surface area (Å²) in [5, 5.41) is 11.6. The molecule has 1 amide bonds. The van der Waals surface area contributed by atoms with Gasteiger partial charge in [0.15, 0.2) is 5.54 Å². The Morgan fingerprint density at radius 3 is 2.05 bits per heavy atom. The van der Waals surface area contributed by atoms with Gasteiger partial charge < -0.3 is 15.2 Å². The minimum atomic E-state index is -1.53. The number of carboxylic acid groups (broad SMARTS) is 1. The molecule has 1 atom stereocenters. The van der Waals surface area contributed by atoms with E-state index in [9.17, 15) is 19.5 Å². The number of aliphatic carboxylic acids is 1. The highest BCUT2D eigenvalue weighted by Crippen LogP contribution is 2.23. The first-order valence-electron chi connectivity index (χ1n) is 5.57. The topological polar surface area (TPSA) is 92.7 Å². The Labute approximate surface area is 110 Å². The van der Waals surface area contributed by atoms with Crippen molar-refractivity contribution >= 4 is 17.8 Å². The summed E-state index contributed by atoms with van der Waals surface area (Å²) in [4.78, 5) is 33.2. The van der Waals surface area contributed by atoms with Gasteiger partial charge in [0, 0.05) is 13.8 Å². The number of carbonyl (C=O) groups excluding carboxylic acids is 2.